The molecule has 0 unspecified atom stereocenters. The van der Waals surface area contributed by atoms with Gasteiger partial charge >= 0.3 is 0 Å². The van der Waals surface area contributed by atoms with Crippen molar-refractivity contribution in [3.63, 3.8) is 0 Å². The van der Waals surface area contributed by atoms with Crippen LogP contribution in [0.2, 0.25) is 0 Å². The summed E-state index contributed by atoms with van der Waals surface area (Å²) in [5.74, 6) is 0. The van der Waals surface area contributed by atoms with E-state index in [1.54, 1.807) is 0 Å². The standard InChI is InChI=1S/C9H9Br/c10-8-4-7-9-5-2-1-3-6-9/h1-7H,8H2/i1D,2D,3D,5D,6D,7D. The second-order valence-electron chi connectivity index (χ2n) is 1.50. The summed E-state index contributed by atoms with van der Waals surface area (Å²) in [5, 5.41) is 0.397. The van der Waals surface area contributed by atoms with E-state index in [9.17, 15) is 0 Å². The van der Waals surface area contributed by atoms with Gasteiger partial charge in [-0.25, -0.2) is 0 Å². The molecular formula is C9H9Br. The van der Waals surface area contributed by atoms with Crippen LogP contribution in [0.4, 0.5) is 0 Å². The maximum atomic E-state index is 7.62. The summed E-state index contributed by atoms with van der Waals surface area (Å²) in [6.07, 6.45) is 1.44. The average Bonchev–Trinajstić information content (AvgIpc) is 2.24. The molecule has 0 N–H and O–H groups in total. The zero-order valence-corrected chi connectivity index (χ0v) is 6.75. The largest absolute Gasteiger partial charge is 0.0883 e. The molecule has 0 saturated carbocycles. The maximum Gasteiger partial charge on any atom is 0.0629 e. The molecule has 0 aliphatic heterocycles. The van der Waals surface area contributed by atoms with Crippen LogP contribution in [0.25, 0.3) is 6.05 Å². The van der Waals surface area contributed by atoms with E-state index < -0.39 is 18.1 Å². The van der Waals surface area contributed by atoms with Crippen LogP contribution in [0.1, 0.15) is 13.8 Å². The van der Waals surface area contributed by atoms with E-state index in [2.05, 4.69) is 15.9 Å². The van der Waals surface area contributed by atoms with Gasteiger partial charge in [0.15, 0.2) is 0 Å². The number of allylic oxidation sites excluding steroid dienone is 1. The normalized spacial score (nSPS) is 19.9. The number of benzene rings is 1. The fraction of sp³-hybridized carbons (Fsp3) is 0.111. The molecule has 0 heterocycles. The number of halogens is 1. The number of hydrogen-bond acceptors (Lipinski definition) is 0. The molecule has 1 heteroatoms. The molecule has 0 amide bonds. The van der Waals surface area contributed by atoms with Gasteiger partial charge in [-0.15, -0.1) is 0 Å². The Hall–Kier alpha value is -0.560. The zero-order valence-electron chi connectivity index (χ0n) is 11.2. The van der Waals surface area contributed by atoms with Crippen LogP contribution in [0, 0.1) is 0 Å². The molecule has 1 aromatic carbocycles. The molecule has 52 valence electrons. The molecule has 10 heavy (non-hydrogen) atoms. The summed E-state index contributed by atoms with van der Waals surface area (Å²) in [5.41, 5.74) is -0.0644. The summed E-state index contributed by atoms with van der Waals surface area (Å²) in [7, 11) is 0. The third-order valence-corrected chi connectivity index (χ3v) is 1.15. The van der Waals surface area contributed by atoms with Crippen molar-refractivity contribution in [2.75, 3.05) is 5.33 Å². The SMILES string of the molecule is [2H]C(=CCBr)c1c([2H])c([2H])c([2H])c([2H])c1[2H]. The molecule has 0 spiro atoms. The Bertz CT molecular complexity index is 425. The summed E-state index contributed by atoms with van der Waals surface area (Å²) >= 11 is 3.10. The Labute approximate surface area is 78.1 Å². The molecule has 1 aromatic rings. The van der Waals surface area contributed by atoms with Gasteiger partial charge in [0.05, 0.1) is 8.22 Å². The Kier molecular flexibility index (Phi) is 1.21. The first-order valence-electron chi connectivity index (χ1n) is 5.71. The molecule has 0 bridgehead atoms. The predicted molar refractivity (Wildman–Crippen MR) is 49.3 cm³/mol. The Balaban J connectivity index is 3.58. The lowest BCUT2D eigenvalue weighted by Gasteiger charge is -1.88. The first kappa shape index (κ1) is 2.82. The van der Waals surface area contributed by atoms with Gasteiger partial charge in [0, 0.05) is 5.33 Å². The summed E-state index contributed by atoms with van der Waals surface area (Å²) in [6, 6.07) is -2.02. The second-order valence-corrected chi connectivity index (χ2v) is 2.15. The minimum absolute atomic E-state index is 0.0644. The molecule has 0 saturated heterocycles. The third kappa shape index (κ3) is 2.36. The average molecular weight is 203 g/mol. The van der Waals surface area contributed by atoms with Crippen molar-refractivity contribution < 1.29 is 8.22 Å². The number of alkyl halides is 1. The molecule has 0 nitrogen and oxygen atoms in total. The molecule has 1 rings (SSSR count). The minimum Gasteiger partial charge on any atom is -0.0883 e. The van der Waals surface area contributed by atoms with Crippen LogP contribution < -0.4 is 0 Å². The van der Waals surface area contributed by atoms with Crippen molar-refractivity contribution >= 4 is 22.0 Å². The van der Waals surface area contributed by atoms with E-state index in [4.69, 9.17) is 8.22 Å². The van der Waals surface area contributed by atoms with E-state index in [1.807, 2.05) is 0 Å². The number of hydrogen-bond donors (Lipinski definition) is 0. The highest BCUT2D eigenvalue weighted by Gasteiger charge is 1.79. The van der Waals surface area contributed by atoms with Gasteiger partial charge in [0.1, 0.15) is 0 Å². The minimum atomic E-state index is -0.439. The van der Waals surface area contributed by atoms with Crippen LogP contribution in [0.15, 0.2) is 36.3 Å². The van der Waals surface area contributed by atoms with Crippen LogP contribution >= 0.6 is 15.9 Å². The van der Waals surface area contributed by atoms with E-state index in [0.717, 1.165) is 0 Å². The van der Waals surface area contributed by atoms with Crippen molar-refractivity contribution in [2.45, 2.75) is 0 Å². The van der Waals surface area contributed by atoms with Gasteiger partial charge in [-0.2, -0.15) is 0 Å². The first-order chi connectivity index (χ1) is 7.41. The molecule has 0 aromatic heterocycles. The van der Waals surface area contributed by atoms with Gasteiger partial charge in [-0.1, -0.05) is 58.3 Å². The molecule has 0 fully saturated rings. The highest BCUT2D eigenvalue weighted by atomic mass is 79.9. The monoisotopic (exact) mass is 202 g/mol. The summed E-state index contributed by atoms with van der Waals surface area (Å²) in [6.45, 7) is 0. The first-order valence-corrected chi connectivity index (χ1v) is 3.84. The quantitative estimate of drug-likeness (QED) is 0.648. The molecular weight excluding hydrogens is 188 g/mol. The van der Waals surface area contributed by atoms with E-state index in [-0.39, 0.29) is 23.7 Å². The zero-order chi connectivity index (χ0) is 12.5. The molecule has 0 radical (unpaired) electrons. The maximum absolute atomic E-state index is 7.62. The highest BCUT2D eigenvalue weighted by molar-refractivity contribution is 9.09. The van der Waals surface area contributed by atoms with Crippen LogP contribution in [-0.2, 0) is 0 Å². The highest BCUT2D eigenvalue weighted by Crippen LogP contribution is 2.00. The topological polar surface area (TPSA) is 0 Å². The Morgan fingerprint density at radius 3 is 2.80 bits per heavy atom. The van der Waals surface area contributed by atoms with Crippen molar-refractivity contribution in [3.8, 4) is 0 Å². The van der Waals surface area contributed by atoms with E-state index in [0.29, 0.717) is 5.33 Å². The molecule has 0 aliphatic rings. The van der Waals surface area contributed by atoms with E-state index >= 15 is 0 Å². The predicted octanol–water partition coefficient (Wildman–Crippen LogP) is 3.09. The van der Waals surface area contributed by atoms with Gasteiger partial charge in [-0.05, 0) is 5.56 Å². The van der Waals surface area contributed by atoms with Crippen LogP contribution in [-0.4, -0.2) is 5.33 Å². The summed E-state index contributed by atoms with van der Waals surface area (Å²) in [4.78, 5) is 0. The Morgan fingerprint density at radius 2 is 2.20 bits per heavy atom. The van der Waals surface area contributed by atoms with Crippen molar-refractivity contribution in [1.29, 1.82) is 0 Å². The third-order valence-electron chi connectivity index (χ3n) is 0.824. The lowest BCUT2D eigenvalue weighted by Crippen LogP contribution is -1.67. The second kappa shape index (κ2) is 4.29. The van der Waals surface area contributed by atoms with Crippen molar-refractivity contribution in [1.82, 2.24) is 0 Å². The van der Waals surface area contributed by atoms with E-state index in [1.165, 1.54) is 6.08 Å². The molecule has 0 aliphatic carbocycles. The number of rotatable bonds is 2. The smallest absolute Gasteiger partial charge is 0.0629 e. The fourth-order valence-electron chi connectivity index (χ4n) is 0.463. The van der Waals surface area contributed by atoms with Gasteiger partial charge < -0.3 is 0 Å². The summed E-state index contributed by atoms with van der Waals surface area (Å²) < 4.78 is 45.1. The van der Waals surface area contributed by atoms with Crippen LogP contribution in [0.3, 0.4) is 0 Å². The van der Waals surface area contributed by atoms with Crippen molar-refractivity contribution in [2.24, 2.45) is 0 Å². The van der Waals surface area contributed by atoms with Gasteiger partial charge in [0.2, 0.25) is 0 Å². The van der Waals surface area contributed by atoms with Crippen LogP contribution in [0.5, 0.6) is 0 Å². The molecule has 0 atom stereocenters. The lowest BCUT2D eigenvalue weighted by atomic mass is 10.2. The van der Waals surface area contributed by atoms with Crippen molar-refractivity contribution in [3.05, 3.63) is 41.9 Å². The fourth-order valence-corrected chi connectivity index (χ4v) is 0.625. The lowest BCUT2D eigenvalue weighted by molar-refractivity contribution is 1.65. The Morgan fingerprint density at radius 1 is 1.50 bits per heavy atom. The van der Waals surface area contributed by atoms with Gasteiger partial charge in [0.25, 0.3) is 0 Å². The van der Waals surface area contributed by atoms with Gasteiger partial charge in [-0.3, -0.25) is 0 Å².